The molecule has 100 valence electrons. The number of benzene rings is 1. The molecule has 0 aliphatic rings. The van der Waals surface area contributed by atoms with Crippen LogP contribution in [0.15, 0.2) is 42.2 Å². The van der Waals surface area contributed by atoms with Crippen molar-refractivity contribution in [3.63, 3.8) is 0 Å². The summed E-state index contributed by atoms with van der Waals surface area (Å²) in [6.45, 7) is 0. The van der Waals surface area contributed by atoms with Gasteiger partial charge in [-0.25, -0.2) is 0 Å². The largest absolute Gasteiger partial charge is 0.348 e. The van der Waals surface area contributed by atoms with Crippen LogP contribution in [-0.4, -0.2) is 9.79 Å². The van der Waals surface area contributed by atoms with Gasteiger partial charge in [0.25, 0.3) is 0 Å². The number of allylic oxidation sites excluding steroid dienone is 1. The molecule has 1 aromatic rings. The standard InChI is InChI=1S/C14H21O3P/c15-18(16,17)13-9-4-2-1-3-6-10-14-11-7-5-8-12-14/h5,7-9,11-13H,1-4,6,10H2,(H2,15,16,17). The fourth-order valence-corrected chi connectivity index (χ4v) is 2.23. The molecule has 3 nitrogen and oxygen atoms in total. The quantitative estimate of drug-likeness (QED) is 0.556. The third kappa shape index (κ3) is 8.24. The van der Waals surface area contributed by atoms with Gasteiger partial charge in [0.1, 0.15) is 0 Å². The van der Waals surface area contributed by atoms with Gasteiger partial charge in [0.15, 0.2) is 0 Å². The molecule has 0 heterocycles. The van der Waals surface area contributed by atoms with Gasteiger partial charge in [-0.1, -0.05) is 49.2 Å². The lowest BCUT2D eigenvalue weighted by Gasteiger charge is -2.01. The van der Waals surface area contributed by atoms with E-state index in [-0.39, 0.29) is 0 Å². The van der Waals surface area contributed by atoms with E-state index in [2.05, 4.69) is 24.3 Å². The van der Waals surface area contributed by atoms with Crippen LogP contribution in [0.2, 0.25) is 0 Å². The van der Waals surface area contributed by atoms with Crippen molar-refractivity contribution in [1.82, 2.24) is 0 Å². The van der Waals surface area contributed by atoms with Crippen molar-refractivity contribution in [2.24, 2.45) is 0 Å². The van der Waals surface area contributed by atoms with Crippen molar-refractivity contribution in [1.29, 1.82) is 0 Å². The van der Waals surface area contributed by atoms with E-state index in [1.807, 2.05) is 6.07 Å². The van der Waals surface area contributed by atoms with E-state index >= 15 is 0 Å². The van der Waals surface area contributed by atoms with E-state index in [1.165, 1.54) is 18.4 Å². The molecule has 0 aliphatic carbocycles. The first-order chi connectivity index (χ1) is 8.58. The first-order valence-corrected chi connectivity index (χ1v) is 8.03. The summed E-state index contributed by atoms with van der Waals surface area (Å²) in [7, 11) is -3.95. The molecule has 0 unspecified atom stereocenters. The maximum Gasteiger partial charge on any atom is 0.348 e. The minimum atomic E-state index is -3.95. The summed E-state index contributed by atoms with van der Waals surface area (Å²) < 4.78 is 10.5. The van der Waals surface area contributed by atoms with E-state index in [0.29, 0.717) is 0 Å². The predicted molar refractivity (Wildman–Crippen MR) is 74.4 cm³/mol. The molecule has 0 aliphatic heterocycles. The molecule has 0 saturated carbocycles. The monoisotopic (exact) mass is 268 g/mol. The minimum Gasteiger partial charge on any atom is -0.321 e. The second kappa shape index (κ2) is 8.25. The molecule has 0 atom stereocenters. The Bertz CT molecular complexity index is 395. The van der Waals surface area contributed by atoms with Crippen LogP contribution in [-0.2, 0) is 11.0 Å². The van der Waals surface area contributed by atoms with Gasteiger partial charge in [-0.15, -0.1) is 0 Å². The summed E-state index contributed by atoms with van der Waals surface area (Å²) in [6.07, 6.45) is 7.88. The van der Waals surface area contributed by atoms with Crippen molar-refractivity contribution in [2.45, 2.75) is 38.5 Å². The van der Waals surface area contributed by atoms with E-state index in [1.54, 1.807) is 6.08 Å². The minimum absolute atomic E-state index is 0.746. The van der Waals surface area contributed by atoms with Gasteiger partial charge in [-0.05, 0) is 31.2 Å². The summed E-state index contributed by atoms with van der Waals surface area (Å²) in [5.74, 6) is 0.997. The molecule has 1 aromatic carbocycles. The first-order valence-electron chi connectivity index (χ1n) is 6.35. The number of unbranched alkanes of at least 4 members (excludes halogenated alkanes) is 4. The Morgan fingerprint density at radius 1 is 1.00 bits per heavy atom. The Morgan fingerprint density at radius 3 is 2.33 bits per heavy atom. The van der Waals surface area contributed by atoms with Gasteiger partial charge in [-0.3, -0.25) is 4.57 Å². The smallest absolute Gasteiger partial charge is 0.321 e. The molecule has 0 amide bonds. The molecule has 1 rings (SSSR count). The van der Waals surface area contributed by atoms with Gasteiger partial charge in [-0.2, -0.15) is 0 Å². The first kappa shape index (κ1) is 15.2. The zero-order valence-corrected chi connectivity index (χ0v) is 11.4. The Balaban J connectivity index is 2.00. The highest BCUT2D eigenvalue weighted by Gasteiger charge is 2.04. The lowest BCUT2D eigenvalue weighted by atomic mass is 10.1. The van der Waals surface area contributed by atoms with Crippen LogP contribution >= 0.6 is 7.60 Å². The van der Waals surface area contributed by atoms with Gasteiger partial charge in [0.05, 0.1) is 0 Å². The van der Waals surface area contributed by atoms with E-state index in [4.69, 9.17) is 9.79 Å². The normalized spacial score (nSPS) is 12.1. The van der Waals surface area contributed by atoms with Gasteiger partial charge >= 0.3 is 7.60 Å². The Hall–Kier alpha value is -0.890. The summed E-state index contributed by atoms with van der Waals surface area (Å²) in [5.41, 5.74) is 1.37. The van der Waals surface area contributed by atoms with Crippen molar-refractivity contribution in [3.8, 4) is 0 Å². The van der Waals surface area contributed by atoms with E-state index < -0.39 is 7.60 Å². The van der Waals surface area contributed by atoms with Gasteiger partial charge in [0, 0.05) is 5.82 Å². The van der Waals surface area contributed by atoms with Crippen LogP contribution in [0.5, 0.6) is 0 Å². The maximum atomic E-state index is 10.5. The molecule has 0 bridgehead atoms. The zero-order valence-electron chi connectivity index (χ0n) is 10.5. The Morgan fingerprint density at radius 2 is 1.67 bits per heavy atom. The van der Waals surface area contributed by atoms with Crippen molar-refractivity contribution in [2.75, 3.05) is 0 Å². The van der Waals surface area contributed by atoms with Crippen LogP contribution in [0.4, 0.5) is 0 Å². The SMILES string of the molecule is O=P(O)(O)C=CCCCCCCc1ccccc1. The summed E-state index contributed by atoms with van der Waals surface area (Å²) in [6, 6.07) is 10.4. The van der Waals surface area contributed by atoms with Gasteiger partial charge in [0.2, 0.25) is 0 Å². The lowest BCUT2D eigenvalue weighted by molar-refractivity contribution is 0.386. The third-order valence-corrected chi connectivity index (χ3v) is 3.33. The Kier molecular flexibility index (Phi) is 6.96. The van der Waals surface area contributed by atoms with Crippen LogP contribution in [0, 0.1) is 0 Å². The molecule has 2 N–H and O–H groups in total. The number of aryl methyl sites for hydroxylation is 1. The van der Waals surface area contributed by atoms with Crippen molar-refractivity contribution < 1.29 is 14.4 Å². The second-order valence-electron chi connectivity index (χ2n) is 4.41. The van der Waals surface area contributed by atoms with E-state index in [0.717, 1.165) is 31.5 Å². The Labute approximate surface area is 109 Å². The van der Waals surface area contributed by atoms with Gasteiger partial charge < -0.3 is 9.79 Å². The molecule has 0 aromatic heterocycles. The zero-order chi connectivity index (χ0) is 13.3. The fraction of sp³-hybridized carbons (Fsp3) is 0.429. The summed E-state index contributed by atoms with van der Waals surface area (Å²) in [4.78, 5) is 17.2. The number of rotatable bonds is 8. The molecule has 0 saturated heterocycles. The van der Waals surface area contributed by atoms with Crippen LogP contribution in [0.1, 0.15) is 37.7 Å². The summed E-state index contributed by atoms with van der Waals surface area (Å²) in [5, 5.41) is 0. The highest BCUT2D eigenvalue weighted by Crippen LogP contribution is 2.36. The highest BCUT2D eigenvalue weighted by molar-refractivity contribution is 7.55. The third-order valence-electron chi connectivity index (χ3n) is 2.73. The molecule has 0 spiro atoms. The fourth-order valence-electron chi connectivity index (χ4n) is 1.80. The molecule has 4 heteroatoms. The molecule has 18 heavy (non-hydrogen) atoms. The average Bonchev–Trinajstić information content (AvgIpc) is 2.32. The summed E-state index contributed by atoms with van der Waals surface area (Å²) >= 11 is 0. The van der Waals surface area contributed by atoms with Crippen molar-refractivity contribution >= 4 is 7.60 Å². The molecule has 0 fully saturated rings. The van der Waals surface area contributed by atoms with Crippen LogP contribution in [0.3, 0.4) is 0 Å². The van der Waals surface area contributed by atoms with Crippen LogP contribution in [0.25, 0.3) is 0 Å². The maximum absolute atomic E-state index is 10.5. The van der Waals surface area contributed by atoms with E-state index in [9.17, 15) is 4.57 Å². The highest BCUT2D eigenvalue weighted by atomic mass is 31.2. The number of hydrogen-bond acceptors (Lipinski definition) is 1. The molecular weight excluding hydrogens is 247 g/mol. The lowest BCUT2D eigenvalue weighted by Crippen LogP contribution is -1.85. The average molecular weight is 268 g/mol. The van der Waals surface area contributed by atoms with Crippen molar-refractivity contribution in [3.05, 3.63) is 47.8 Å². The predicted octanol–water partition coefficient (Wildman–Crippen LogP) is 3.87. The van der Waals surface area contributed by atoms with Crippen LogP contribution < -0.4 is 0 Å². The molecular formula is C14H21O3P. The molecule has 0 radical (unpaired) electrons. The second-order valence-corrected chi connectivity index (χ2v) is 5.89. The topological polar surface area (TPSA) is 57.5 Å². The number of hydrogen-bond donors (Lipinski definition) is 2.